The maximum Gasteiger partial charge on any atom is 0.231 e. The van der Waals surface area contributed by atoms with E-state index in [9.17, 15) is 9.59 Å². The lowest BCUT2D eigenvalue weighted by atomic mass is 9.79. The van der Waals surface area contributed by atoms with Crippen LogP contribution in [0.5, 0.6) is 0 Å². The molecule has 1 amide bonds. The molecule has 2 heterocycles. The van der Waals surface area contributed by atoms with E-state index in [1.165, 1.54) is 22.1 Å². The highest BCUT2D eigenvalue weighted by molar-refractivity contribution is 6.04. The zero-order valence-corrected chi connectivity index (χ0v) is 18.2. The first-order valence-corrected chi connectivity index (χ1v) is 10.8. The molecule has 5 heteroatoms. The van der Waals surface area contributed by atoms with Crippen LogP contribution in [0.4, 0.5) is 0 Å². The normalized spacial score (nSPS) is 21.1. The van der Waals surface area contributed by atoms with Crippen molar-refractivity contribution < 1.29 is 9.59 Å². The summed E-state index contributed by atoms with van der Waals surface area (Å²) in [6, 6.07) is 6.50. The quantitative estimate of drug-likeness (QED) is 0.795. The Hall–Kier alpha value is -2.40. The van der Waals surface area contributed by atoms with Gasteiger partial charge in [-0.05, 0) is 57.0 Å². The predicted molar refractivity (Wildman–Crippen MR) is 117 cm³/mol. The molecule has 1 aliphatic carbocycles. The highest BCUT2D eigenvalue weighted by Crippen LogP contribution is 2.43. The third kappa shape index (κ3) is 2.94. The first-order chi connectivity index (χ1) is 13.9. The Kier molecular flexibility index (Phi) is 5.11. The van der Waals surface area contributed by atoms with Gasteiger partial charge in [-0.1, -0.05) is 25.1 Å². The summed E-state index contributed by atoms with van der Waals surface area (Å²) < 4.78 is 1.89. The molecule has 0 spiro atoms. The van der Waals surface area contributed by atoms with Gasteiger partial charge >= 0.3 is 0 Å². The van der Waals surface area contributed by atoms with E-state index in [1.807, 2.05) is 36.3 Å². The highest BCUT2D eigenvalue weighted by atomic mass is 16.2. The van der Waals surface area contributed by atoms with Crippen molar-refractivity contribution in [3.8, 4) is 0 Å². The molecule has 1 aromatic carbocycles. The molecule has 0 saturated heterocycles. The average Bonchev–Trinajstić information content (AvgIpc) is 3.01. The Morgan fingerprint density at radius 3 is 2.55 bits per heavy atom. The van der Waals surface area contributed by atoms with Crippen LogP contribution >= 0.6 is 0 Å². The summed E-state index contributed by atoms with van der Waals surface area (Å²) in [6.07, 6.45) is 3.58. The van der Waals surface area contributed by atoms with Gasteiger partial charge in [0, 0.05) is 43.2 Å². The maximum absolute atomic E-state index is 13.1. The van der Waals surface area contributed by atoms with Crippen LogP contribution in [0.2, 0.25) is 0 Å². The van der Waals surface area contributed by atoms with E-state index in [0.29, 0.717) is 6.42 Å². The van der Waals surface area contributed by atoms with Crippen molar-refractivity contribution in [2.45, 2.75) is 46.6 Å². The molecular weight excluding hydrogens is 362 g/mol. The molecule has 154 valence electrons. The topological polar surface area (TPSA) is 45.6 Å². The number of nitrogens with zero attached hydrogens (tertiary/aromatic N) is 3. The second kappa shape index (κ2) is 7.45. The monoisotopic (exact) mass is 393 g/mol. The number of hydrogen-bond donors (Lipinski definition) is 0. The largest absolute Gasteiger partial charge is 0.343 e. The minimum Gasteiger partial charge on any atom is -0.343 e. The van der Waals surface area contributed by atoms with Crippen molar-refractivity contribution in [3.63, 3.8) is 0 Å². The first kappa shape index (κ1) is 19.9. The minimum atomic E-state index is -0.122. The van der Waals surface area contributed by atoms with E-state index in [-0.39, 0.29) is 23.8 Å². The summed E-state index contributed by atoms with van der Waals surface area (Å²) in [5, 5.41) is 1.19. The van der Waals surface area contributed by atoms with Gasteiger partial charge in [0.1, 0.15) is 0 Å². The molecule has 0 radical (unpaired) electrons. The third-order valence-corrected chi connectivity index (χ3v) is 6.77. The molecule has 0 fully saturated rings. The molecule has 1 aliphatic heterocycles. The molecule has 2 aromatic rings. The summed E-state index contributed by atoms with van der Waals surface area (Å²) in [5.41, 5.74) is 5.76. The van der Waals surface area contributed by atoms with Crippen LogP contribution in [0.15, 0.2) is 24.3 Å². The summed E-state index contributed by atoms with van der Waals surface area (Å²) in [6.45, 7) is 10.3. The van der Waals surface area contributed by atoms with Gasteiger partial charge in [0.25, 0.3) is 0 Å². The van der Waals surface area contributed by atoms with Crippen LogP contribution in [0.3, 0.4) is 0 Å². The van der Waals surface area contributed by atoms with Crippen molar-refractivity contribution >= 4 is 28.3 Å². The van der Waals surface area contributed by atoms with Crippen LogP contribution in [-0.4, -0.2) is 58.9 Å². The summed E-state index contributed by atoms with van der Waals surface area (Å²) in [7, 11) is 2.12. The van der Waals surface area contributed by atoms with E-state index >= 15 is 0 Å². The second-order valence-electron chi connectivity index (χ2n) is 8.24. The van der Waals surface area contributed by atoms with E-state index in [4.69, 9.17) is 0 Å². The van der Waals surface area contributed by atoms with Crippen molar-refractivity contribution in [1.82, 2.24) is 14.4 Å². The molecule has 0 bridgehead atoms. The fourth-order valence-corrected chi connectivity index (χ4v) is 5.21. The Balaban J connectivity index is 1.88. The molecule has 2 atom stereocenters. The molecule has 0 N–H and O–H groups in total. The van der Waals surface area contributed by atoms with Crippen molar-refractivity contribution in [2.75, 3.05) is 26.7 Å². The second-order valence-corrected chi connectivity index (χ2v) is 8.24. The number of carbonyl (C=O) groups is 2. The lowest BCUT2D eigenvalue weighted by Crippen LogP contribution is -2.47. The number of hydrogen-bond acceptors (Lipinski definition) is 3. The van der Waals surface area contributed by atoms with Gasteiger partial charge in [-0.2, -0.15) is 0 Å². The minimum absolute atomic E-state index is 0.122. The summed E-state index contributed by atoms with van der Waals surface area (Å²) >= 11 is 0. The van der Waals surface area contributed by atoms with Crippen LogP contribution in [0.25, 0.3) is 16.5 Å². The molecule has 5 nitrogen and oxygen atoms in total. The van der Waals surface area contributed by atoms with Gasteiger partial charge in [0.15, 0.2) is 0 Å². The van der Waals surface area contributed by atoms with Crippen LogP contribution in [0.1, 0.15) is 48.8 Å². The molecule has 0 saturated carbocycles. The van der Waals surface area contributed by atoms with Gasteiger partial charge in [-0.15, -0.1) is 0 Å². The van der Waals surface area contributed by atoms with Gasteiger partial charge < -0.3 is 4.90 Å². The van der Waals surface area contributed by atoms with Gasteiger partial charge in [-0.3, -0.25) is 19.1 Å². The summed E-state index contributed by atoms with van der Waals surface area (Å²) in [4.78, 5) is 30.0. The van der Waals surface area contributed by atoms with Gasteiger partial charge in [0.2, 0.25) is 11.8 Å². The third-order valence-electron chi connectivity index (χ3n) is 6.77. The number of likely N-dealkylation sites (N-methyl/N-ethyl adjacent to an activating group) is 1. The fraction of sp³-hybridized carbons (Fsp3) is 0.500. The Morgan fingerprint density at radius 1 is 1.17 bits per heavy atom. The smallest absolute Gasteiger partial charge is 0.231 e. The number of fused-ring (bicyclic) bond motifs is 2. The van der Waals surface area contributed by atoms with E-state index in [0.717, 1.165) is 37.3 Å². The number of benzene rings is 1. The number of carbonyl (C=O) groups excluding carboxylic acids is 2. The molecule has 29 heavy (non-hydrogen) atoms. The number of rotatable bonds is 4. The Labute approximate surface area is 173 Å². The van der Waals surface area contributed by atoms with Crippen LogP contribution < -0.4 is 0 Å². The van der Waals surface area contributed by atoms with Gasteiger partial charge in [-0.25, -0.2) is 0 Å². The average molecular weight is 394 g/mol. The lowest BCUT2D eigenvalue weighted by molar-refractivity contribution is -0.134. The van der Waals surface area contributed by atoms with E-state index in [2.05, 4.69) is 37.1 Å². The van der Waals surface area contributed by atoms with Crippen LogP contribution in [-0.2, 0) is 11.2 Å². The van der Waals surface area contributed by atoms with E-state index in [1.54, 1.807) is 0 Å². The van der Waals surface area contributed by atoms with Crippen molar-refractivity contribution in [3.05, 3.63) is 41.1 Å². The fourth-order valence-electron chi connectivity index (χ4n) is 5.21. The first-order valence-electron chi connectivity index (χ1n) is 10.8. The standard InChI is InChI=1S/C24H31N3O2/c1-6-22(28)27-15(4)18-13-21-19(17-10-9-11-20(27)23(17)18)12-16(14-25(21)5)24(29)26(7-2)8-3/h9-12,16,21H,6-8,13-14H2,1-5H3/t16-,21-/m1/s1. The molecule has 2 aliphatic rings. The number of aromatic nitrogens is 1. The number of amides is 1. The molecule has 0 unspecified atom stereocenters. The zero-order chi connectivity index (χ0) is 20.9. The maximum atomic E-state index is 13.1. The van der Waals surface area contributed by atoms with Crippen LogP contribution in [0, 0.1) is 12.8 Å². The molecular formula is C24H31N3O2. The van der Waals surface area contributed by atoms with Crippen molar-refractivity contribution in [1.29, 1.82) is 0 Å². The SMILES string of the molecule is CCC(=O)n1c(C)c2c3c(cccc31)C1=C[C@@H](C(=O)N(CC)CC)CN(C)[C@@H]1C2. The Bertz CT molecular complexity index is 1010. The molecule has 4 rings (SSSR count). The van der Waals surface area contributed by atoms with Crippen molar-refractivity contribution in [2.24, 2.45) is 5.92 Å². The van der Waals surface area contributed by atoms with Gasteiger partial charge in [0.05, 0.1) is 11.4 Å². The lowest BCUT2D eigenvalue weighted by Gasteiger charge is -2.40. The predicted octanol–water partition coefficient (Wildman–Crippen LogP) is 3.74. The highest BCUT2D eigenvalue weighted by Gasteiger charge is 2.38. The Morgan fingerprint density at radius 2 is 1.90 bits per heavy atom. The van der Waals surface area contributed by atoms with E-state index < -0.39 is 0 Å². The zero-order valence-electron chi connectivity index (χ0n) is 18.2. The summed E-state index contributed by atoms with van der Waals surface area (Å²) in [5.74, 6) is 0.224. The molecule has 1 aromatic heterocycles.